The van der Waals surface area contributed by atoms with Crippen molar-refractivity contribution < 1.29 is 9.53 Å². The Balaban J connectivity index is 1.69. The van der Waals surface area contributed by atoms with Crippen molar-refractivity contribution >= 4 is 5.91 Å². The number of carbonyl (C=O) groups is 1. The average Bonchev–Trinajstić information content (AvgIpc) is 3.38. The molecule has 1 aliphatic rings. The van der Waals surface area contributed by atoms with Crippen LogP contribution in [0.3, 0.4) is 0 Å². The zero-order valence-corrected chi connectivity index (χ0v) is 17.3. The van der Waals surface area contributed by atoms with E-state index in [0.29, 0.717) is 31.7 Å². The number of amides is 1. The third-order valence-electron chi connectivity index (χ3n) is 5.69. The molecule has 1 amide bonds. The molecule has 4 rings (SSSR count). The summed E-state index contributed by atoms with van der Waals surface area (Å²) in [5, 5.41) is 0. The first-order valence-corrected chi connectivity index (χ1v) is 10.2. The van der Waals surface area contributed by atoms with Gasteiger partial charge in [0.1, 0.15) is 0 Å². The second-order valence-electron chi connectivity index (χ2n) is 7.62. The standard InChI is InChI=1S/C23H26N4O3/c1-17-21(23(29)27(25(17)2)20-9-4-3-5-10-20)15-26(14-19-8-6-7-12-24-19)22(28)18-11-13-30-16-18/h3-10,12,18H,11,13-16H2,1-2H3/t18-/m0/s1. The smallest absolute Gasteiger partial charge is 0.276 e. The molecule has 1 aliphatic heterocycles. The van der Waals surface area contributed by atoms with E-state index in [0.717, 1.165) is 17.1 Å². The minimum atomic E-state index is -0.172. The van der Waals surface area contributed by atoms with Gasteiger partial charge in [-0.05, 0) is 37.6 Å². The zero-order chi connectivity index (χ0) is 21.1. The van der Waals surface area contributed by atoms with Crippen LogP contribution in [0.5, 0.6) is 0 Å². The lowest BCUT2D eigenvalue weighted by atomic mass is 10.1. The quantitative estimate of drug-likeness (QED) is 0.631. The van der Waals surface area contributed by atoms with Gasteiger partial charge in [0.25, 0.3) is 5.56 Å². The fourth-order valence-corrected chi connectivity index (χ4v) is 3.88. The van der Waals surface area contributed by atoms with Crippen molar-refractivity contribution in [3.05, 3.63) is 82.0 Å². The van der Waals surface area contributed by atoms with Crippen molar-refractivity contribution in [2.24, 2.45) is 13.0 Å². The van der Waals surface area contributed by atoms with Crippen LogP contribution in [0.15, 0.2) is 59.5 Å². The number of aromatic nitrogens is 3. The number of benzene rings is 1. The van der Waals surface area contributed by atoms with Gasteiger partial charge in [-0.25, -0.2) is 4.68 Å². The molecule has 1 aromatic carbocycles. The van der Waals surface area contributed by atoms with Crippen molar-refractivity contribution in [2.75, 3.05) is 13.2 Å². The molecule has 0 saturated carbocycles. The van der Waals surface area contributed by atoms with Crippen LogP contribution in [0.4, 0.5) is 0 Å². The summed E-state index contributed by atoms with van der Waals surface area (Å²) in [5.74, 6) is -0.166. The maximum Gasteiger partial charge on any atom is 0.276 e. The molecule has 2 aromatic heterocycles. The summed E-state index contributed by atoms with van der Waals surface area (Å²) in [4.78, 5) is 32.7. The lowest BCUT2D eigenvalue weighted by molar-refractivity contribution is -0.136. The maximum atomic E-state index is 13.3. The molecule has 0 spiro atoms. The molecule has 3 aromatic rings. The van der Waals surface area contributed by atoms with Gasteiger partial charge in [0.2, 0.25) is 5.91 Å². The van der Waals surface area contributed by atoms with Gasteiger partial charge in [-0.3, -0.25) is 19.3 Å². The van der Waals surface area contributed by atoms with Crippen LogP contribution in [0.25, 0.3) is 5.69 Å². The molecule has 3 heterocycles. The number of pyridine rings is 1. The lowest BCUT2D eigenvalue weighted by Crippen LogP contribution is -2.37. The van der Waals surface area contributed by atoms with E-state index in [9.17, 15) is 9.59 Å². The predicted molar refractivity (Wildman–Crippen MR) is 113 cm³/mol. The van der Waals surface area contributed by atoms with E-state index >= 15 is 0 Å². The van der Waals surface area contributed by atoms with Crippen LogP contribution in [-0.4, -0.2) is 38.4 Å². The van der Waals surface area contributed by atoms with E-state index < -0.39 is 0 Å². The van der Waals surface area contributed by atoms with Gasteiger partial charge in [-0.2, -0.15) is 0 Å². The first kappa shape index (κ1) is 20.1. The molecule has 7 heteroatoms. The van der Waals surface area contributed by atoms with Crippen LogP contribution in [0, 0.1) is 12.8 Å². The van der Waals surface area contributed by atoms with Crippen LogP contribution < -0.4 is 5.56 Å². The predicted octanol–water partition coefficient (Wildman–Crippen LogP) is 2.44. The third kappa shape index (κ3) is 3.93. The highest BCUT2D eigenvalue weighted by Crippen LogP contribution is 2.20. The second-order valence-corrected chi connectivity index (χ2v) is 7.62. The van der Waals surface area contributed by atoms with Crippen molar-refractivity contribution in [1.29, 1.82) is 0 Å². The summed E-state index contributed by atoms with van der Waals surface area (Å²) < 4.78 is 8.91. The summed E-state index contributed by atoms with van der Waals surface area (Å²) in [6.07, 6.45) is 2.42. The number of rotatable bonds is 6. The van der Waals surface area contributed by atoms with E-state index in [2.05, 4.69) is 4.98 Å². The molecular weight excluding hydrogens is 380 g/mol. The molecule has 156 valence electrons. The van der Waals surface area contributed by atoms with E-state index in [1.54, 1.807) is 15.8 Å². The molecular formula is C23H26N4O3. The molecule has 1 atom stereocenters. The van der Waals surface area contributed by atoms with Gasteiger partial charge < -0.3 is 9.64 Å². The molecule has 0 N–H and O–H groups in total. The highest BCUT2D eigenvalue weighted by molar-refractivity contribution is 5.79. The third-order valence-corrected chi connectivity index (χ3v) is 5.69. The normalized spacial score (nSPS) is 16.0. The van der Waals surface area contributed by atoms with Gasteiger partial charge in [-0.1, -0.05) is 24.3 Å². The largest absolute Gasteiger partial charge is 0.381 e. The Morgan fingerprint density at radius 3 is 2.60 bits per heavy atom. The van der Waals surface area contributed by atoms with Gasteiger partial charge in [0.05, 0.1) is 42.6 Å². The Bertz CT molecular complexity index is 1070. The van der Waals surface area contributed by atoms with Crippen LogP contribution in [-0.2, 0) is 29.7 Å². The van der Waals surface area contributed by atoms with Gasteiger partial charge in [0.15, 0.2) is 0 Å². The lowest BCUT2D eigenvalue weighted by Gasteiger charge is -2.24. The van der Waals surface area contributed by atoms with Crippen LogP contribution >= 0.6 is 0 Å². The first-order valence-electron chi connectivity index (χ1n) is 10.2. The number of nitrogens with zero attached hydrogens (tertiary/aromatic N) is 4. The molecule has 0 radical (unpaired) electrons. The summed E-state index contributed by atoms with van der Waals surface area (Å²) in [5.41, 5.74) is 2.94. The van der Waals surface area contributed by atoms with E-state index in [-0.39, 0.29) is 23.9 Å². The summed E-state index contributed by atoms with van der Waals surface area (Å²) in [6.45, 7) is 3.54. The van der Waals surface area contributed by atoms with E-state index in [1.807, 2.05) is 67.2 Å². The fraction of sp³-hybridized carbons (Fsp3) is 0.348. The summed E-state index contributed by atoms with van der Waals surface area (Å²) in [7, 11) is 1.86. The highest BCUT2D eigenvalue weighted by Gasteiger charge is 2.30. The number of hydrogen-bond acceptors (Lipinski definition) is 4. The summed E-state index contributed by atoms with van der Waals surface area (Å²) in [6, 6.07) is 15.2. The van der Waals surface area contributed by atoms with Crippen LogP contribution in [0.2, 0.25) is 0 Å². The van der Waals surface area contributed by atoms with Gasteiger partial charge in [0, 0.05) is 25.5 Å². The van der Waals surface area contributed by atoms with Crippen molar-refractivity contribution in [3.8, 4) is 5.69 Å². The maximum absolute atomic E-state index is 13.3. The van der Waals surface area contributed by atoms with Crippen molar-refractivity contribution in [3.63, 3.8) is 0 Å². The van der Waals surface area contributed by atoms with Gasteiger partial charge >= 0.3 is 0 Å². The summed E-state index contributed by atoms with van der Waals surface area (Å²) >= 11 is 0. The molecule has 1 fully saturated rings. The Morgan fingerprint density at radius 2 is 1.93 bits per heavy atom. The molecule has 1 saturated heterocycles. The van der Waals surface area contributed by atoms with Crippen molar-refractivity contribution in [1.82, 2.24) is 19.2 Å². The number of hydrogen-bond donors (Lipinski definition) is 0. The average molecular weight is 406 g/mol. The molecule has 0 unspecified atom stereocenters. The molecule has 30 heavy (non-hydrogen) atoms. The monoisotopic (exact) mass is 406 g/mol. The minimum absolute atomic E-state index is 0.00654. The van der Waals surface area contributed by atoms with E-state index in [1.165, 1.54) is 0 Å². The fourth-order valence-electron chi connectivity index (χ4n) is 3.88. The van der Waals surface area contributed by atoms with Crippen molar-refractivity contribution in [2.45, 2.75) is 26.4 Å². The Morgan fingerprint density at radius 1 is 1.17 bits per heavy atom. The topological polar surface area (TPSA) is 69.4 Å². The van der Waals surface area contributed by atoms with Gasteiger partial charge in [-0.15, -0.1) is 0 Å². The number of carbonyl (C=O) groups excluding carboxylic acids is 1. The van der Waals surface area contributed by atoms with Crippen LogP contribution in [0.1, 0.15) is 23.4 Å². The molecule has 7 nitrogen and oxygen atoms in total. The second kappa shape index (κ2) is 8.67. The Labute approximate surface area is 175 Å². The highest BCUT2D eigenvalue weighted by atomic mass is 16.5. The Hall–Kier alpha value is -3.19. The molecule has 0 aliphatic carbocycles. The zero-order valence-electron chi connectivity index (χ0n) is 17.3. The SMILES string of the molecule is Cc1c(CN(Cc2ccccn2)C(=O)[C@H]2CCOC2)c(=O)n(-c2ccccc2)n1C. The number of para-hydroxylation sites is 1. The Kier molecular flexibility index (Phi) is 5.81. The first-order chi connectivity index (χ1) is 14.6. The minimum Gasteiger partial charge on any atom is -0.381 e. The number of ether oxygens (including phenoxy) is 1. The molecule has 0 bridgehead atoms. The van der Waals surface area contributed by atoms with E-state index in [4.69, 9.17) is 4.74 Å².